The van der Waals surface area contributed by atoms with Gasteiger partial charge in [-0.1, -0.05) is 13.8 Å². The Morgan fingerprint density at radius 3 is 2.21 bits per heavy atom. The largest absolute Gasteiger partial charge is 0.315 e. The number of carbonyl (C=O) groups excluding carboxylic acids is 1. The second-order valence-electron chi connectivity index (χ2n) is 2.28. The molecule has 1 aromatic heterocycles. The molecule has 14 heavy (non-hydrogen) atoms. The molecular weight excluding hydrogens is 194 g/mol. The Bertz CT molecular complexity index is 221. The minimum Gasteiger partial charge on any atom is -0.315 e. The molecule has 0 aliphatic rings. The van der Waals surface area contributed by atoms with E-state index < -0.39 is 0 Å². The summed E-state index contributed by atoms with van der Waals surface area (Å²) in [4.78, 5) is 11.6. The van der Waals surface area contributed by atoms with E-state index in [1.54, 1.807) is 0 Å². The van der Waals surface area contributed by atoms with Gasteiger partial charge >= 0.3 is 0 Å². The highest BCUT2D eigenvalue weighted by molar-refractivity contribution is 7.11. The molecule has 1 N–H and O–H groups in total. The van der Waals surface area contributed by atoms with Crippen LogP contribution in [-0.2, 0) is 11.3 Å². The SMILES string of the molecule is CC.CC=O.CNCc1ccc(C)s1. The summed E-state index contributed by atoms with van der Waals surface area (Å²) in [7, 11) is 1.97. The molecule has 0 spiro atoms. The van der Waals surface area contributed by atoms with Crippen molar-refractivity contribution in [2.75, 3.05) is 7.05 Å². The van der Waals surface area contributed by atoms with E-state index in [4.69, 9.17) is 4.79 Å². The summed E-state index contributed by atoms with van der Waals surface area (Å²) in [6.45, 7) is 8.57. The Morgan fingerprint density at radius 1 is 1.43 bits per heavy atom. The third kappa shape index (κ3) is 9.42. The standard InChI is InChI=1S/C7H11NS.C2H4O.C2H6/c1-6-3-4-7(9-6)5-8-2;1-2-3;1-2/h3-4,8H,5H2,1-2H3;2H,1H3;1-2H3. The van der Waals surface area contributed by atoms with Crippen molar-refractivity contribution in [1.82, 2.24) is 5.32 Å². The van der Waals surface area contributed by atoms with Crippen molar-refractivity contribution in [3.05, 3.63) is 21.9 Å². The zero-order valence-electron chi connectivity index (χ0n) is 9.76. The van der Waals surface area contributed by atoms with Crippen LogP contribution in [0.5, 0.6) is 0 Å². The lowest BCUT2D eigenvalue weighted by atomic mass is 10.4. The smallest absolute Gasteiger partial charge is 0.116 e. The van der Waals surface area contributed by atoms with Gasteiger partial charge in [0.1, 0.15) is 6.29 Å². The van der Waals surface area contributed by atoms with E-state index in [1.807, 2.05) is 32.2 Å². The minimum atomic E-state index is 0.750. The van der Waals surface area contributed by atoms with E-state index in [9.17, 15) is 0 Å². The fraction of sp³-hybridized carbons (Fsp3) is 0.545. The summed E-state index contributed by atoms with van der Waals surface area (Å²) in [6.07, 6.45) is 0.750. The molecule has 0 radical (unpaired) electrons. The Balaban J connectivity index is 0. The maximum absolute atomic E-state index is 8.81. The molecule has 1 heterocycles. The second-order valence-corrected chi connectivity index (χ2v) is 3.65. The van der Waals surface area contributed by atoms with Crippen LogP contribution in [0.25, 0.3) is 0 Å². The van der Waals surface area contributed by atoms with E-state index in [0.717, 1.165) is 12.8 Å². The number of carbonyl (C=O) groups is 1. The number of hydrogen-bond donors (Lipinski definition) is 1. The predicted molar refractivity (Wildman–Crippen MR) is 64.9 cm³/mol. The molecule has 0 amide bonds. The highest BCUT2D eigenvalue weighted by Gasteiger charge is 1.91. The summed E-state index contributed by atoms with van der Waals surface area (Å²) < 4.78 is 0. The van der Waals surface area contributed by atoms with Crippen molar-refractivity contribution in [2.45, 2.75) is 34.2 Å². The molecule has 3 heteroatoms. The van der Waals surface area contributed by atoms with Crippen LogP contribution >= 0.6 is 11.3 Å². The second kappa shape index (κ2) is 12.3. The average Bonchev–Trinajstić information content (AvgIpc) is 2.57. The third-order valence-electron chi connectivity index (χ3n) is 1.15. The molecule has 0 aromatic carbocycles. The molecule has 1 rings (SSSR count). The Hall–Kier alpha value is -0.670. The Labute approximate surface area is 91.3 Å². The molecule has 2 nitrogen and oxygen atoms in total. The summed E-state index contributed by atoms with van der Waals surface area (Å²) in [5.41, 5.74) is 0. The number of hydrogen-bond acceptors (Lipinski definition) is 3. The molecule has 0 atom stereocenters. The predicted octanol–water partition coefficient (Wildman–Crippen LogP) is 3.01. The first kappa shape index (κ1) is 15.8. The van der Waals surface area contributed by atoms with Crippen molar-refractivity contribution in [2.24, 2.45) is 0 Å². The van der Waals surface area contributed by atoms with Crippen molar-refractivity contribution in [3.63, 3.8) is 0 Å². The minimum absolute atomic E-state index is 0.750. The molecular formula is C11H21NOS. The normalized spacial score (nSPS) is 7.79. The molecule has 0 fully saturated rings. The lowest BCUT2D eigenvalue weighted by Gasteiger charge is -1.90. The van der Waals surface area contributed by atoms with Crippen molar-refractivity contribution < 1.29 is 4.79 Å². The number of aldehydes is 1. The van der Waals surface area contributed by atoms with Crippen molar-refractivity contribution >= 4 is 17.6 Å². The van der Waals surface area contributed by atoms with Gasteiger partial charge in [0.05, 0.1) is 0 Å². The fourth-order valence-electron chi connectivity index (χ4n) is 0.754. The van der Waals surface area contributed by atoms with Crippen LogP contribution < -0.4 is 5.32 Å². The molecule has 0 saturated heterocycles. The van der Waals surface area contributed by atoms with Gasteiger partial charge in [-0.15, -0.1) is 11.3 Å². The van der Waals surface area contributed by atoms with Gasteiger partial charge in [0.25, 0.3) is 0 Å². The van der Waals surface area contributed by atoms with E-state index in [-0.39, 0.29) is 0 Å². The van der Waals surface area contributed by atoms with Gasteiger partial charge in [-0.05, 0) is 33.0 Å². The first-order valence-electron chi connectivity index (χ1n) is 4.84. The number of rotatable bonds is 2. The Morgan fingerprint density at radius 2 is 1.93 bits per heavy atom. The third-order valence-corrected chi connectivity index (χ3v) is 2.15. The molecule has 0 aliphatic heterocycles. The van der Waals surface area contributed by atoms with Gasteiger partial charge in [-0.25, -0.2) is 0 Å². The molecule has 0 bridgehead atoms. The van der Waals surface area contributed by atoms with E-state index in [2.05, 4.69) is 24.4 Å². The monoisotopic (exact) mass is 215 g/mol. The zero-order valence-corrected chi connectivity index (χ0v) is 10.6. The maximum atomic E-state index is 8.81. The van der Waals surface area contributed by atoms with Crippen LogP contribution in [0.2, 0.25) is 0 Å². The molecule has 82 valence electrons. The van der Waals surface area contributed by atoms with Crippen LogP contribution in [0.1, 0.15) is 30.5 Å². The van der Waals surface area contributed by atoms with Crippen LogP contribution in [0.15, 0.2) is 12.1 Å². The maximum Gasteiger partial charge on any atom is 0.116 e. The number of aryl methyl sites for hydroxylation is 1. The molecule has 0 saturated carbocycles. The Kier molecular flexibility index (Phi) is 13.9. The van der Waals surface area contributed by atoms with Crippen LogP contribution in [0.3, 0.4) is 0 Å². The van der Waals surface area contributed by atoms with Gasteiger partial charge in [0.15, 0.2) is 0 Å². The summed E-state index contributed by atoms with van der Waals surface area (Å²) in [5, 5.41) is 3.11. The van der Waals surface area contributed by atoms with Crippen LogP contribution in [0, 0.1) is 6.92 Å². The van der Waals surface area contributed by atoms with E-state index >= 15 is 0 Å². The lowest BCUT2D eigenvalue weighted by molar-refractivity contribution is -0.106. The van der Waals surface area contributed by atoms with E-state index in [0.29, 0.717) is 0 Å². The number of thiophene rings is 1. The van der Waals surface area contributed by atoms with Gasteiger partial charge in [0, 0.05) is 16.3 Å². The summed E-state index contributed by atoms with van der Waals surface area (Å²) in [6, 6.07) is 4.31. The van der Waals surface area contributed by atoms with Gasteiger partial charge in [-0.3, -0.25) is 0 Å². The number of nitrogens with one attached hydrogen (secondary N) is 1. The van der Waals surface area contributed by atoms with Gasteiger partial charge < -0.3 is 10.1 Å². The van der Waals surface area contributed by atoms with Crippen LogP contribution in [-0.4, -0.2) is 13.3 Å². The first-order chi connectivity index (χ1) is 6.74. The van der Waals surface area contributed by atoms with Crippen molar-refractivity contribution in [1.29, 1.82) is 0 Å². The highest BCUT2D eigenvalue weighted by atomic mass is 32.1. The fourth-order valence-corrected chi connectivity index (χ4v) is 1.66. The lowest BCUT2D eigenvalue weighted by Crippen LogP contribution is -2.02. The highest BCUT2D eigenvalue weighted by Crippen LogP contribution is 2.13. The molecule has 0 aliphatic carbocycles. The topological polar surface area (TPSA) is 29.1 Å². The van der Waals surface area contributed by atoms with E-state index in [1.165, 1.54) is 16.7 Å². The summed E-state index contributed by atoms with van der Waals surface area (Å²) in [5.74, 6) is 0. The van der Waals surface area contributed by atoms with Gasteiger partial charge in [0.2, 0.25) is 0 Å². The van der Waals surface area contributed by atoms with Crippen LogP contribution in [0.4, 0.5) is 0 Å². The zero-order chi connectivity index (χ0) is 11.4. The quantitative estimate of drug-likeness (QED) is 0.768. The average molecular weight is 215 g/mol. The first-order valence-corrected chi connectivity index (χ1v) is 5.66. The molecule has 0 unspecified atom stereocenters. The molecule has 1 aromatic rings. The summed E-state index contributed by atoms with van der Waals surface area (Å²) >= 11 is 1.85. The van der Waals surface area contributed by atoms with Gasteiger partial charge in [-0.2, -0.15) is 0 Å². The van der Waals surface area contributed by atoms with Crippen molar-refractivity contribution in [3.8, 4) is 0 Å².